The average molecular weight is 309 g/mol. The molecule has 5 nitrogen and oxygen atoms in total. The Morgan fingerprint density at radius 3 is 3.00 bits per heavy atom. The predicted octanol–water partition coefficient (Wildman–Crippen LogP) is 2.75. The Morgan fingerprint density at radius 2 is 2.25 bits per heavy atom. The summed E-state index contributed by atoms with van der Waals surface area (Å²) in [5, 5.41) is 12.3. The van der Waals surface area contributed by atoms with Gasteiger partial charge in [-0.15, -0.1) is 11.3 Å². The van der Waals surface area contributed by atoms with Crippen molar-refractivity contribution >= 4 is 39.7 Å². The van der Waals surface area contributed by atoms with Crippen LogP contribution in [0.15, 0.2) is 30.7 Å². The zero-order valence-corrected chi connectivity index (χ0v) is 12.2. The van der Waals surface area contributed by atoms with Crippen molar-refractivity contribution in [2.75, 3.05) is 11.9 Å². The number of benzene rings is 1. The van der Waals surface area contributed by atoms with E-state index in [-0.39, 0.29) is 6.61 Å². The molecule has 0 fully saturated rings. The lowest BCUT2D eigenvalue weighted by atomic mass is 10.2. The lowest BCUT2D eigenvalue weighted by molar-refractivity contribution is 0.278. The predicted molar refractivity (Wildman–Crippen MR) is 81.3 cm³/mol. The van der Waals surface area contributed by atoms with Gasteiger partial charge in [0.1, 0.15) is 0 Å². The number of nitrogens with one attached hydrogen (secondary N) is 1. The van der Waals surface area contributed by atoms with E-state index < -0.39 is 0 Å². The molecule has 2 aromatic heterocycles. The average Bonchev–Trinajstić information content (AvgIpc) is 3.04. The Hall–Kier alpha value is -1.63. The molecule has 104 valence electrons. The third-order valence-corrected chi connectivity index (χ3v) is 4.07. The third kappa shape index (κ3) is 2.77. The van der Waals surface area contributed by atoms with Crippen LogP contribution >= 0.6 is 22.9 Å². The molecule has 0 spiro atoms. The SMILES string of the molecule is OCCn1cnc2cc(NCc3cnc(Cl)s3)ccc21. The minimum Gasteiger partial charge on any atom is -0.395 e. The Morgan fingerprint density at radius 1 is 1.35 bits per heavy atom. The number of aliphatic hydroxyl groups excluding tert-OH is 1. The van der Waals surface area contributed by atoms with Crippen molar-refractivity contribution in [2.24, 2.45) is 0 Å². The van der Waals surface area contributed by atoms with Gasteiger partial charge in [-0.25, -0.2) is 9.97 Å². The summed E-state index contributed by atoms with van der Waals surface area (Å²) in [5.74, 6) is 0. The van der Waals surface area contributed by atoms with Crippen molar-refractivity contribution in [1.82, 2.24) is 14.5 Å². The summed E-state index contributed by atoms with van der Waals surface area (Å²) in [4.78, 5) is 9.43. The first-order valence-corrected chi connectivity index (χ1v) is 7.35. The van der Waals surface area contributed by atoms with E-state index in [1.807, 2.05) is 22.8 Å². The zero-order chi connectivity index (χ0) is 13.9. The minimum atomic E-state index is 0.109. The van der Waals surface area contributed by atoms with Crippen molar-refractivity contribution in [3.05, 3.63) is 40.1 Å². The largest absolute Gasteiger partial charge is 0.395 e. The first-order chi connectivity index (χ1) is 9.76. The van der Waals surface area contributed by atoms with Gasteiger partial charge in [0.05, 0.1) is 30.5 Å². The fraction of sp³-hybridized carbons (Fsp3) is 0.231. The highest BCUT2D eigenvalue weighted by Crippen LogP contribution is 2.21. The molecule has 0 unspecified atom stereocenters. The molecule has 1 aromatic carbocycles. The maximum atomic E-state index is 8.99. The lowest BCUT2D eigenvalue weighted by Crippen LogP contribution is -2.00. The van der Waals surface area contributed by atoms with Crippen LogP contribution in [0.3, 0.4) is 0 Å². The van der Waals surface area contributed by atoms with Crippen molar-refractivity contribution in [3.63, 3.8) is 0 Å². The summed E-state index contributed by atoms with van der Waals surface area (Å²) >= 11 is 7.26. The number of anilines is 1. The molecule has 0 saturated heterocycles. The van der Waals surface area contributed by atoms with Crippen LogP contribution in [-0.2, 0) is 13.1 Å². The van der Waals surface area contributed by atoms with E-state index in [1.54, 1.807) is 12.5 Å². The van der Waals surface area contributed by atoms with Crippen LogP contribution in [0.2, 0.25) is 4.47 Å². The van der Waals surface area contributed by atoms with Crippen molar-refractivity contribution in [3.8, 4) is 0 Å². The van der Waals surface area contributed by atoms with Crippen molar-refractivity contribution in [2.45, 2.75) is 13.1 Å². The first kappa shape index (κ1) is 13.4. The molecule has 0 saturated carbocycles. The van der Waals surface area contributed by atoms with Gasteiger partial charge >= 0.3 is 0 Å². The second-order valence-electron chi connectivity index (χ2n) is 4.30. The summed E-state index contributed by atoms with van der Waals surface area (Å²) in [6.45, 7) is 1.35. The Labute approximate surface area is 124 Å². The van der Waals surface area contributed by atoms with Crippen LogP contribution in [0.5, 0.6) is 0 Å². The van der Waals surface area contributed by atoms with E-state index >= 15 is 0 Å². The second-order valence-corrected chi connectivity index (χ2v) is 6.00. The summed E-state index contributed by atoms with van der Waals surface area (Å²) in [6.07, 6.45) is 3.52. The highest BCUT2D eigenvalue weighted by molar-refractivity contribution is 7.15. The van der Waals surface area contributed by atoms with Gasteiger partial charge in [0.2, 0.25) is 0 Å². The Balaban J connectivity index is 1.75. The van der Waals surface area contributed by atoms with Crippen LogP contribution in [0.25, 0.3) is 11.0 Å². The van der Waals surface area contributed by atoms with E-state index in [2.05, 4.69) is 15.3 Å². The summed E-state index contributed by atoms with van der Waals surface area (Å²) in [6, 6.07) is 5.99. The van der Waals surface area contributed by atoms with Crippen molar-refractivity contribution in [1.29, 1.82) is 0 Å². The molecule has 3 rings (SSSR count). The molecule has 2 N–H and O–H groups in total. The number of thiazole rings is 1. The lowest BCUT2D eigenvalue weighted by Gasteiger charge is -2.05. The molecule has 0 aliphatic rings. The smallest absolute Gasteiger partial charge is 0.183 e. The van der Waals surface area contributed by atoms with Crippen molar-refractivity contribution < 1.29 is 5.11 Å². The molecular weight excluding hydrogens is 296 g/mol. The molecule has 20 heavy (non-hydrogen) atoms. The number of hydrogen-bond acceptors (Lipinski definition) is 5. The van der Waals surface area contributed by atoms with Gasteiger partial charge < -0.3 is 15.0 Å². The fourth-order valence-electron chi connectivity index (χ4n) is 2.01. The second kappa shape index (κ2) is 5.78. The molecule has 0 radical (unpaired) electrons. The number of aliphatic hydroxyl groups is 1. The zero-order valence-electron chi connectivity index (χ0n) is 10.6. The topological polar surface area (TPSA) is 63.0 Å². The van der Waals surface area contributed by atoms with Gasteiger partial charge in [0, 0.05) is 23.3 Å². The highest BCUT2D eigenvalue weighted by Gasteiger charge is 2.04. The number of fused-ring (bicyclic) bond motifs is 1. The van der Waals surface area contributed by atoms with Crippen LogP contribution in [-0.4, -0.2) is 26.2 Å². The summed E-state index contributed by atoms with van der Waals surface area (Å²) < 4.78 is 2.49. The third-order valence-electron chi connectivity index (χ3n) is 2.95. The standard InChI is InChI=1S/C13H13ClN4OS/c14-13-16-7-10(20-13)6-15-9-1-2-12-11(5-9)17-8-18(12)3-4-19/h1-2,5,7-8,15,19H,3-4,6H2. The number of halogens is 1. The molecule has 0 amide bonds. The van der Waals surface area contributed by atoms with Gasteiger partial charge in [-0.05, 0) is 18.2 Å². The summed E-state index contributed by atoms with van der Waals surface area (Å²) in [7, 11) is 0. The molecule has 0 aliphatic carbocycles. The number of hydrogen-bond donors (Lipinski definition) is 2. The highest BCUT2D eigenvalue weighted by atomic mass is 35.5. The molecular formula is C13H13ClN4OS. The van der Waals surface area contributed by atoms with E-state index in [1.165, 1.54) is 11.3 Å². The molecule has 3 aromatic rings. The maximum Gasteiger partial charge on any atom is 0.183 e. The van der Waals surface area contributed by atoms with E-state index in [4.69, 9.17) is 16.7 Å². The molecule has 2 heterocycles. The molecule has 0 atom stereocenters. The van der Waals surface area contributed by atoms with Gasteiger partial charge in [-0.2, -0.15) is 0 Å². The summed E-state index contributed by atoms with van der Waals surface area (Å²) in [5.41, 5.74) is 2.92. The molecule has 7 heteroatoms. The van der Waals surface area contributed by atoms with Gasteiger partial charge in [-0.1, -0.05) is 11.6 Å². The van der Waals surface area contributed by atoms with E-state index in [0.29, 0.717) is 17.6 Å². The number of rotatable bonds is 5. The molecule has 0 aliphatic heterocycles. The first-order valence-electron chi connectivity index (χ1n) is 6.16. The quantitative estimate of drug-likeness (QED) is 0.761. The van der Waals surface area contributed by atoms with Gasteiger partial charge in [-0.3, -0.25) is 0 Å². The Bertz CT molecular complexity index is 724. The molecule has 0 bridgehead atoms. The van der Waals surface area contributed by atoms with Crippen LogP contribution < -0.4 is 5.32 Å². The van der Waals surface area contributed by atoms with Crippen LogP contribution in [0.1, 0.15) is 4.88 Å². The van der Waals surface area contributed by atoms with Crippen LogP contribution in [0, 0.1) is 0 Å². The number of imidazole rings is 1. The monoisotopic (exact) mass is 308 g/mol. The van der Waals surface area contributed by atoms with E-state index in [0.717, 1.165) is 21.6 Å². The fourth-order valence-corrected chi connectivity index (χ4v) is 2.93. The van der Waals surface area contributed by atoms with Gasteiger partial charge in [0.15, 0.2) is 4.47 Å². The number of aromatic nitrogens is 3. The Kier molecular flexibility index (Phi) is 3.86. The van der Waals surface area contributed by atoms with Crippen LogP contribution in [0.4, 0.5) is 5.69 Å². The number of nitrogens with zero attached hydrogens (tertiary/aromatic N) is 3. The minimum absolute atomic E-state index is 0.109. The maximum absolute atomic E-state index is 8.99. The van der Waals surface area contributed by atoms with Gasteiger partial charge in [0.25, 0.3) is 0 Å². The normalized spacial score (nSPS) is 11.1. The van der Waals surface area contributed by atoms with E-state index in [9.17, 15) is 0 Å².